The second kappa shape index (κ2) is 6.70. The molecule has 0 bridgehead atoms. The molecule has 4 aromatic rings. The summed E-state index contributed by atoms with van der Waals surface area (Å²) >= 11 is 1.63. The molecule has 0 amide bonds. The molecule has 3 aromatic heterocycles. The molecule has 148 valence electrons. The van der Waals surface area contributed by atoms with Crippen LogP contribution in [0.25, 0.3) is 16.0 Å². The number of hydrogen-bond acceptors (Lipinski definition) is 8. The van der Waals surface area contributed by atoms with E-state index in [1.807, 2.05) is 50.2 Å². The number of fused-ring (bicyclic) bond motifs is 1. The van der Waals surface area contributed by atoms with Crippen LogP contribution < -0.4 is 15.9 Å². The number of nitrogens with one attached hydrogen (secondary N) is 1. The molecule has 1 fully saturated rings. The first kappa shape index (κ1) is 17.9. The third-order valence-electron chi connectivity index (χ3n) is 4.76. The van der Waals surface area contributed by atoms with Crippen molar-refractivity contribution in [1.29, 1.82) is 0 Å². The topological polar surface area (TPSA) is 89.1 Å². The lowest BCUT2D eigenvalue weighted by Gasteiger charge is -2.14. The Bertz CT molecular complexity index is 1270. The zero-order valence-corrected chi connectivity index (χ0v) is 17.2. The first-order valence-corrected chi connectivity index (χ1v) is 10.2. The highest BCUT2D eigenvalue weighted by Crippen LogP contribution is 2.44. The van der Waals surface area contributed by atoms with Gasteiger partial charge in [-0.3, -0.25) is 0 Å². The van der Waals surface area contributed by atoms with Gasteiger partial charge in [-0.15, -0.1) is 11.3 Å². The number of aromatic nitrogens is 4. The van der Waals surface area contributed by atoms with Gasteiger partial charge in [0.1, 0.15) is 10.5 Å². The Labute approximate surface area is 170 Å². The summed E-state index contributed by atoms with van der Waals surface area (Å²) in [6.45, 7) is 1.84. The minimum absolute atomic E-state index is 0.349. The molecule has 29 heavy (non-hydrogen) atoms. The van der Waals surface area contributed by atoms with Crippen LogP contribution in [0.1, 0.15) is 29.5 Å². The predicted octanol–water partition coefficient (Wildman–Crippen LogP) is 3.83. The van der Waals surface area contributed by atoms with Gasteiger partial charge in [-0.1, -0.05) is 6.07 Å². The molecule has 1 aliphatic carbocycles. The van der Waals surface area contributed by atoms with Gasteiger partial charge in [0.2, 0.25) is 0 Å². The molecular formula is C20H20N6O2S. The van der Waals surface area contributed by atoms with Gasteiger partial charge in [0, 0.05) is 25.7 Å². The molecule has 5 rings (SSSR count). The van der Waals surface area contributed by atoms with Gasteiger partial charge in [-0.05, 0) is 38.0 Å². The molecule has 9 heteroatoms. The number of benzene rings is 1. The lowest BCUT2D eigenvalue weighted by molar-refractivity contribution is 0.546. The van der Waals surface area contributed by atoms with E-state index in [-0.39, 0.29) is 5.69 Å². The molecule has 0 unspecified atom stereocenters. The quantitative estimate of drug-likeness (QED) is 0.537. The Morgan fingerprint density at radius 2 is 2.10 bits per heavy atom. The standard InChI is InChI=1S/C20H20N6O2S/c1-11-10-21-19(28-11)22-13-5-4-6-14(9-13)26-17-15(16(25(2)3)24-20(26)27)29-18(23-17)12-7-8-12/h4-6,9-10,12H,7-8H2,1-3H3,(H,21,22). The number of anilines is 3. The van der Waals surface area contributed by atoms with Gasteiger partial charge in [0.15, 0.2) is 11.5 Å². The molecule has 8 nitrogen and oxygen atoms in total. The molecule has 0 aliphatic heterocycles. The maximum atomic E-state index is 13.0. The fourth-order valence-corrected chi connectivity index (χ4v) is 4.50. The van der Waals surface area contributed by atoms with E-state index < -0.39 is 0 Å². The molecule has 0 saturated heterocycles. The molecule has 0 spiro atoms. The number of aryl methyl sites for hydroxylation is 1. The molecule has 1 saturated carbocycles. The Morgan fingerprint density at radius 1 is 1.28 bits per heavy atom. The van der Waals surface area contributed by atoms with Crippen molar-refractivity contribution in [3.05, 3.63) is 51.7 Å². The fourth-order valence-electron chi connectivity index (χ4n) is 3.21. The summed E-state index contributed by atoms with van der Waals surface area (Å²) in [5, 5.41) is 4.20. The second-order valence-electron chi connectivity index (χ2n) is 7.38. The van der Waals surface area contributed by atoms with Crippen molar-refractivity contribution >= 4 is 39.2 Å². The average molecular weight is 408 g/mol. The predicted molar refractivity (Wildman–Crippen MR) is 114 cm³/mol. The summed E-state index contributed by atoms with van der Waals surface area (Å²) in [7, 11) is 3.79. The van der Waals surface area contributed by atoms with Gasteiger partial charge in [0.05, 0.1) is 16.9 Å². The number of nitrogens with zero attached hydrogens (tertiary/aromatic N) is 5. The first-order valence-electron chi connectivity index (χ1n) is 9.40. The molecule has 1 N–H and O–H groups in total. The van der Waals surface area contributed by atoms with Crippen molar-refractivity contribution in [3.8, 4) is 5.69 Å². The van der Waals surface area contributed by atoms with E-state index in [0.29, 0.717) is 29.1 Å². The molecular weight excluding hydrogens is 388 g/mol. The Hall–Kier alpha value is -3.20. The molecule has 3 heterocycles. The van der Waals surface area contributed by atoms with Gasteiger partial charge in [0.25, 0.3) is 6.01 Å². The Balaban J connectivity index is 1.64. The van der Waals surface area contributed by atoms with Crippen LogP contribution in [0.2, 0.25) is 0 Å². The van der Waals surface area contributed by atoms with Gasteiger partial charge >= 0.3 is 5.69 Å². The van der Waals surface area contributed by atoms with Crippen molar-refractivity contribution < 1.29 is 4.42 Å². The lowest BCUT2D eigenvalue weighted by atomic mass is 10.2. The normalized spacial score (nSPS) is 13.8. The summed E-state index contributed by atoms with van der Waals surface area (Å²) in [6, 6.07) is 7.92. The minimum Gasteiger partial charge on any atom is -0.429 e. The molecule has 0 radical (unpaired) electrons. The van der Waals surface area contributed by atoms with E-state index in [1.54, 1.807) is 22.1 Å². The van der Waals surface area contributed by atoms with Crippen LogP contribution in [0.3, 0.4) is 0 Å². The third kappa shape index (κ3) is 3.27. The van der Waals surface area contributed by atoms with E-state index in [9.17, 15) is 4.79 Å². The van der Waals surface area contributed by atoms with Crippen LogP contribution in [0.5, 0.6) is 0 Å². The summed E-state index contributed by atoms with van der Waals surface area (Å²) in [5.41, 5.74) is 1.76. The highest BCUT2D eigenvalue weighted by atomic mass is 32.1. The fraction of sp³-hybridized carbons (Fsp3) is 0.300. The molecule has 0 atom stereocenters. The zero-order chi connectivity index (χ0) is 20.1. The maximum absolute atomic E-state index is 13.0. The van der Waals surface area contributed by atoms with Crippen molar-refractivity contribution in [2.75, 3.05) is 24.3 Å². The SMILES string of the molecule is Cc1cnc(Nc2cccc(-n3c(=O)nc(N(C)C)c4sc(C5CC5)nc43)c2)o1. The Kier molecular flexibility index (Phi) is 4.13. The Morgan fingerprint density at radius 3 is 2.79 bits per heavy atom. The van der Waals surface area contributed by atoms with E-state index in [0.717, 1.165) is 34.0 Å². The van der Waals surface area contributed by atoms with Crippen molar-refractivity contribution in [2.24, 2.45) is 0 Å². The van der Waals surface area contributed by atoms with E-state index >= 15 is 0 Å². The van der Waals surface area contributed by atoms with Gasteiger partial charge in [-0.2, -0.15) is 4.98 Å². The van der Waals surface area contributed by atoms with E-state index in [4.69, 9.17) is 9.40 Å². The maximum Gasteiger partial charge on any atom is 0.355 e. The molecule has 1 aromatic carbocycles. The lowest BCUT2D eigenvalue weighted by Crippen LogP contribution is -2.25. The van der Waals surface area contributed by atoms with Gasteiger partial charge < -0.3 is 14.6 Å². The van der Waals surface area contributed by atoms with Crippen molar-refractivity contribution in [1.82, 2.24) is 19.5 Å². The summed E-state index contributed by atoms with van der Waals surface area (Å²) in [4.78, 5) is 28.2. The highest BCUT2D eigenvalue weighted by molar-refractivity contribution is 7.19. The summed E-state index contributed by atoms with van der Waals surface area (Å²) < 4.78 is 8.00. The summed E-state index contributed by atoms with van der Waals surface area (Å²) in [6.07, 6.45) is 3.96. The van der Waals surface area contributed by atoms with Crippen molar-refractivity contribution in [2.45, 2.75) is 25.7 Å². The largest absolute Gasteiger partial charge is 0.429 e. The number of oxazole rings is 1. The van der Waals surface area contributed by atoms with Crippen molar-refractivity contribution in [3.63, 3.8) is 0 Å². The third-order valence-corrected chi connectivity index (χ3v) is 5.96. The minimum atomic E-state index is -0.349. The number of hydrogen-bond donors (Lipinski definition) is 1. The van der Waals surface area contributed by atoms with Crippen LogP contribution in [-0.4, -0.2) is 33.6 Å². The first-order chi connectivity index (χ1) is 14.0. The zero-order valence-electron chi connectivity index (χ0n) is 16.3. The highest BCUT2D eigenvalue weighted by Gasteiger charge is 2.29. The summed E-state index contributed by atoms with van der Waals surface area (Å²) in [5.74, 6) is 1.89. The average Bonchev–Trinajstić information content (AvgIpc) is 3.32. The smallest absolute Gasteiger partial charge is 0.355 e. The number of thiazole rings is 1. The van der Waals surface area contributed by atoms with Crippen LogP contribution in [0.4, 0.5) is 17.5 Å². The molecule has 1 aliphatic rings. The van der Waals surface area contributed by atoms with E-state index in [1.165, 1.54) is 0 Å². The monoisotopic (exact) mass is 408 g/mol. The van der Waals surface area contributed by atoms with Crippen LogP contribution in [0.15, 0.2) is 39.7 Å². The second-order valence-corrected chi connectivity index (χ2v) is 8.41. The van der Waals surface area contributed by atoms with E-state index in [2.05, 4.69) is 15.3 Å². The number of rotatable bonds is 5. The van der Waals surface area contributed by atoms with Crippen LogP contribution >= 0.6 is 11.3 Å². The van der Waals surface area contributed by atoms with Crippen LogP contribution in [0, 0.1) is 6.92 Å². The van der Waals surface area contributed by atoms with Gasteiger partial charge in [-0.25, -0.2) is 19.3 Å². The van der Waals surface area contributed by atoms with Crippen LogP contribution in [-0.2, 0) is 0 Å².